The monoisotopic (exact) mass is 205 g/mol. The standard InChI is InChI=1S/C10H11N3O2/c14-8-1-2-9-11-10(12-13(9)5-8)7-3-4-15-6-7/h1-2,5,7,14H,3-4,6H2. The van der Waals surface area contributed by atoms with E-state index in [4.69, 9.17) is 4.74 Å². The smallest absolute Gasteiger partial charge is 0.157 e. The van der Waals surface area contributed by atoms with Crippen LogP contribution in [-0.4, -0.2) is 32.9 Å². The van der Waals surface area contributed by atoms with Gasteiger partial charge in [-0.15, -0.1) is 0 Å². The second-order valence-corrected chi connectivity index (χ2v) is 3.72. The van der Waals surface area contributed by atoms with Crippen LogP contribution in [0.15, 0.2) is 18.3 Å². The first kappa shape index (κ1) is 8.67. The SMILES string of the molecule is Oc1ccc2nc(C3CCOC3)nn2c1. The summed E-state index contributed by atoms with van der Waals surface area (Å²) in [6, 6.07) is 3.36. The minimum atomic E-state index is 0.196. The predicted octanol–water partition coefficient (Wildman–Crippen LogP) is 0.939. The van der Waals surface area contributed by atoms with Gasteiger partial charge in [-0.3, -0.25) is 0 Å². The van der Waals surface area contributed by atoms with Crippen molar-refractivity contribution < 1.29 is 9.84 Å². The molecule has 2 aromatic heterocycles. The predicted molar refractivity (Wildman–Crippen MR) is 52.8 cm³/mol. The van der Waals surface area contributed by atoms with E-state index >= 15 is 0 Å². The topological polar surface area (TPSA) is 59.7 Å². The number of rotatable bonds is 1. The quantitative estimate of drug-likeness (QED) is 0.752. The van der Waals surface area contributed by atoms with E-state index in [-0.39, 0.29) is 5.75 Å². The third-order valence-electron chi connectivity index (χ3n) is 2.63. The van der Waals surface area contributed by atoms with Crippen molar-refractivity contribution in [3.05, 3.63) is 24.2 Å². The Bertz CT molecular complexity index is 488. The summed E-state index contributed by atoms with van der Waals surface area (Å²) in [5.41, 5.74) is 0.759. The van der Waals surface area contributed by atoms with Gasteiger partial charge in [0.25, 0.3) is 0 Å². The van der Waals surface area contributed by atoms with Crippen LogP contribution in [0.5, 0.6) is 5.75 Å². The van der Waals surface area contributed by atoms with Crippen molar-refractivity contribution >= 4 is 5.65 Å². The molecule has 0 aromatic carbocycles. The lowest BCUT2D eigenvalue weighted by molar-refractivity contribution is 0.193. The fourth-order valence-corrected chi connectivity index (χ4v) is 1.80. The summed E-state index contributed by atoms with van der Waals surface area (Å²) in [5, 5.41) is 13.6. The van der Waals surface area contributed by atoms with Crippen LogP contribution in [0, 0.1) is 0 Å². The number of fused-ring (bicyclic) bond motifs is 1. The van der Waals surface area contributed by atoms with E-state index in [0.717, 1.165) is 24.5 Å². The molecule has 0 bridgehead atoms. The van der Waals surface area contributed by atoms with Gasteiger partial charge in [-0.2, -0.15) is 5.10 Å². The van der Waals surface area contributed by atoms with Gasteiger partial charge in [-0.1, -0.05) is 0 Å². The van der Waals surface area contributed by atoms with Crippen molar-refractivity contribution in [2.24, 2.45) is 0 Å². The normalized spacial score (nSPS) is 21.2. The zero-order valence-corrected chi connectivity index (χ0v) is 8.13. The van der Waals surface area contributed by atoms with Crippen LogP contribution in [0.1, 0.15) is 18.2 Å². The number of hydrogen-bond acceptors (Lipinski definition) is 4. The van der Waals surface area contributed by atoms with Crippen molar-refractivity contribution in [2.45, 2.75) is 12.3 Å². The second-order valence-electron chi connectivity index (χ2n) is 3.72. The molecule has 1 N–H and O–H groups in total. The largest absolute Gasteiger partial charge is 0.506 e. The van der Waals surface area contributed by atoms with Gasteiger partial charge in [0.05, 0.1) is 12.8 Å². The van der Waals surface area contributed by atoms with E-state index in [9.17, 15) is 5.11 Å². The molecular formula is C10H11N3O2. The maximum absolute atomic E-state index is 9.29. The number of hydrogen-bond donors (Lipinski definition) is 1. The summed E-state index contributed by atoms with van der Waals surface area (Å²) in [7, 11) is 0. The number of nitrogens with zero attached hydrogens (tertiary/aromatic N) is 3. The molecule has 0 saturated carbocycles. The van der Waals surface area contributed by atoms with Crippen molar-refractivity contribution in [2.75, 3.05) is 13.2 Å². The average Bonchev–Trinajstić information content (AvgIpc) is 2.84. The third kappa shape index (κ3) is 1.45. The van der Waals surface area contributed by atoms with E-state index in [1.165, 1.54) is 0 Å². The highest BCUT2D eigenvalue weighted by molar-refractivity contribution is 5.40. The molecule has 0 aliphatic carbocycles. The Morgan fingerprint density at radius 1 is 1.47 bits per heavy atom. The number of ether oxygens (including phenoxy) is 1. The Hall–Kier alpha value is -1.62. The van der Waals surface area contributed by atoms with Crippen LogP contribution < -0.4 is 0 Å². The third-order valence-corrected chi connectivity index (χ3v) is 2.63. The van der Waals surface area contributed by atoms with Crippen LogP contribution >= 0.6 is 0 Å². The molecule has 3 heterocycles. The van der Waals surface area contributed by atoms with Gasteiger partial charge in [-0.05, 0) is 18.6 Å². The van der Waals surface area contributed by atoms with Gasteiger partial charge in [0.2, 0.25) is 0 Å². The summed E-state index contributed by atoms with van der Waals surface area (Å²) in [6.45, 7) is 1.48. The molecule has 1 aliphatic rings. The first-order chi connectivity index (χ1) is 7.33. The van der Waals surface area contributed by atoms with Gasteiger partial charge in [0, 0.05) is 12.5 Å². The van der Waals surface area contributed by atoms with Crippen molar-refractivity contribution in [1.82, 2.24) is 14.6 Å². The lowest BCUT2D eigenvalue weighted by Gasteiger charge is -1.98. The Morgan fingerprint density at radius 3 is 3.20 bits per heavy atom. The maximum Gasteiger partial charge on any atom is 0.157 e. The first-order valence-electron chi connectivity index (χ1n) is 4.96. The first-order valence-corrected chi connectivity index (χ1v) is 4.96. The van der Waals surface area contributed by atoms with Gasteiger partial charge in [0.15, 0.2) is 11.5 Å². The molecule has 0 spiro atoms. The molecule has 1 unspecified atom stereocenters. The summed E-state index contributed by atoms with van der Waals surface area (Å²) in [6.07, 6.45) is 2.53. The van der Waals surface area contributed by atoms with Crippen molar-refractivity contribution in [3.8, 4) is 5.75 Å². The van der Waals surface area contributed by atoms with Crippen molar-refractivity contribution in [3.63, 3.8) is 0 Å². The molecule has 5 nitrogen and oxygen atoms in total. The molecule has 0 radical (unpaired) electrons. The Balaban J connectivity index is 2.05. The summed E-state index contributed by atoms with van der Waals surface area (Å²) in [5.74, 6) is 1.30. The Kier molecular flexibility index (Phi) is 1.85. The van der Waals surface area contributed by atoms with Gasteiger partial charge in [0.1, 0.15) is 5.75 Å². The van der Waals surface area contributed by atoms with E-state index in [2.05, 4.69) is 10.1 Å². The number of aromatic nitrogens is 3. The van der Waals surface area contributed by atoms with Gasteiger partial charge >= 0.3 is 0 Å². The summed E-state index contributed by atoms with van der Waals surface area (Å²) in [4.78, 5) is 4.40. The fourth-order valence-electron chi connectivity index (χ4n) is 1.80. The molecular weight excluding hydrogens is 194 g/mol. The maximum atomic E-state index is 9.29. The molecule has 15 heavy (non-hydrogen) atoms. The van der Waals surface area contributed by atoms with E-state index in [0.29, 0.717) is 12.5 Å². The molecule has 5 heteroatoms. The Morgan fingerprint density at radius 2 is 2.40 bits per heavy atom. The summed E-state index contributed by atoms with van der Waals surface area (Å²) < 4.78 is 6.89. The number of pyridine rings is 1. The average molecular weight is 205 g/mol. The molecule has 1 aliphatic heterocycles. The molecule has 3 rings (SSSR count). The van der Waals surface area contributed by atoms with Crippen molar-refractivity contribution in [1.29, 1.82) is 0 Å². The van der Waals surface area contributed by atoms with Crippen LogP contribution in [0.3, 0.4) is 0 Å². The van der Waals surface area contributed by atoms with Crippen LogP contribution in [-0.2, 0) is 4.74 Å². The lowest BCUT2D eigenvalue weighted by Crippen LogP contribution is -2.00. The lowest BCUT2D eigenvalue weighted by atomic mass is 10.1. The Labute approximate surface area is 86.3 Å². The highest BCUT2D eigenvalue weighted by atomic mass is 16.5. The van der Waals surface area contributed by atoms with E-state index in [1.54, 1.807) is 22.8 Å². The van der Waals surface area contributed by atoms with Crippen LogP contribution in [0.25, 0.3) is 5.65 Å². The molecule has 2 aromatic rings. The molecule has 1 atom stereocenters. The van der Waals surface area contributed by atoms with Crippen LogP contribution in [0.4, 0.5) is 0 Å². The molecule has 0 amide bonds. The molecule has 78 valence electrons. The summed E-state index contributed by atoms with van der Waals surface area (Å²) >= 11 is 0. The minimum absolute atomic E-state index is 0.196. The zero-order chi connectivity index (χ0) is 10.3. The highest BCUT2D eigenvalue weighted by Gasteiger charge is 2.21. The van der Waals surface area contributed by atoms with E-state index in [1.807, 2.05) is 0 Å². The minimum Gasteiger partial charge on any atom is -0.506 e. The van der Waals surface area contributed by atoms with Crippen LogP contribution in [0.2, 0.25) is 0 Å². The second kappa shape index (κ2) is 3.20. The highest BCUT2D eigenvalue weighted by Crippen LogP contribution is 2.23. The molecule has 1 fully saturated rings. The number of aromatic hydroxyl groups is 1. The van der Waals surface area contributed by atoms with Gasteiger partial charge in [-0.25, -0.2) is 9.50 Å². The zero-order valence-electron chi connectivity index (χ0n) is 8.13. The molecule has 1 saturated heterocycles. The van der Waals surface area contributed by atoms with E-state index < -0.39 is 0 Å². The fraction of sp³-hybridized carbons (Fsp3) is 0.400. The van der Waals surface area contributed by atoms with Gasteiger partial charge < -0.3 is 9.84 Å².